The summed E-state index contributed by atoms with van der Waals surface area (Å²) in [5.41, 5.74) is 0.0520. The molecule has 0 unspecified atom stereocenters. The van der Waals surface area contributed by atoms with Crippen molar-refractivity contribution in [3.8, 4) is 5.75 Å². The van der Waals surface area contributed by atoms with E-state index < -0.39 is 26.6 Å². The van der Waals surface area contributed by atoms with Gasteiger partial charge in [-0.1, -0.05) is 11.6 Å². The fourth-order valence-corrected chi connectivity index (χ4v) is 3.74. The van der Waals surface area contributed by atoms with Crippen molar-refractivity contribution in [2.75, 3.05) is 24.4 Å². The zero-order chi connectivity index (χ0) is 20.9. The number of anilines is 1. The van der Waals surface area contributed by atoms with E-state index in [1.54, 1.807) is 4.90 Å². The molecule has 0 saturated heterocycles. The van der Waals surface area contributed by atoms with E-state index in [4.69, 9.17) is 16.3 Å². The van der Waals surface area contributed by atoms with E-state index in [1.807, 2.05) is 13.8 Å². The summed E-state index contributed by atoms with van der Waals surface area (Å²) in [4.78, 5) is 12.9. The van der Waals surface area contributed by atoms with Gasteiger partial charge in [0.25, 0.3) is 15.9 Å². The zero-order valence-electron chi connectivity index (χ0n) is 15.2. The Hall–Kier alpha value is -2.39. The Kier molecular flexibility index (Phi) is 7.20. The predicted octanol–water partition coefficient (Wildman–Crippen LogP) is 3.67. The second kappa shape index (κ2) is 9.20. The lowest BCUT2D eigenvalue weighted by Crippen LogP contribution is -2.34. The topological polar surface area (TPSA) is 75.7 Å². The average molecular weight is 433 g/mol. The highest BCUT2D eigenvalue weighted by molar-refractivity contribution is 7.92. The minimum absolute atomic E-state index is 0.0520. The molecule has 2 aromatic carbocycles. The van der Waals surface area contributed by atoms with Gasteiger partial charge >= 0.3 is 0 Å². The third-order valence-corrected chi connectivity index (χ3v) is 5.54. The van der Waals surface area contributed by atoms with E-state index in [0.717, 1.165) is 12.1 Å². The molecule has 0 aliphatic rings. The van der Waals surface area contributed by atoms with Crippen LogP contribution in [0, 0.1) is 11.6 Å². The maximum Gasteiger partial charge on any atom is 0.264 e. The third kappa shape index (κ3) is 5.32. The molecule has 0 spiro atoms. The summed E-state index contributed by atoms with van der Waals surface area (Å²) in [7, 11) is -4.29. The van der Waals surface area contributed by atoms with Gasteiger partial charge in [0.1, 0.15) is 22.3 Å². The van der Waals surface area contributed by atoms with E-state index in [0.29, 0.717) is 19.2 Å². The molecule has 0 bridgehead atoms. The van der Waals surface area contributed by atoms with Crippen LogP contribution < -0.4 is 9.46 Å². The number of hydrogen-bond donors (Lipinski definition) is 1. The van der Waals surface area contributed by atoms with E-state index in [-0.39, 0.29) is 29.0 Å². The van der Waals surface area contributed by atoms with Crippen molar-refractivity contribution >= 4 is 33.2 Å². The van der Waals surface area contributed by atoms with Crippen LogP contribution in [0.15, 0.2) is 41.3 Å². The highest BCUT2D eigenvalue weighted by atomic mass is 35.5. The van der Waals surface area contributed by atoms with Gasteiger partial charge in [0, 0.05) is 19.2 Å². The summed E-state index contributed by atoms with van der Waals surface area (Å²) in [6, 6.07) is 6.14. The van der Waals surface area contributed by atoms with Gasteiger partial charge in [0.05, 0.1) is 10.7 Å². The van der Waals surface area contributed by atoms with E-state index in [9.17, 15) is 22.0 Å². The van der Waals surface area contributed by atoms with Crippen LogP contribution in [-0.4, -0.2) is 38.9 Å². The second-order valence-corrected chi connectivity index (χ2v) is 7.74. The summed E-state index contributed by atoms with van der Waals surface area (Å²) in [6.45, 7) is 4.58. The molecule has 0 aliphatic carbocycles. The molecular formula is C18H19ClF2N2O4S. The fraction of sp³-hybridized carbons (Fsp3) is 0.278. The first-order valence-corrected chi connectivity index (χ1v) is 10.2. The van der Waals surface area contributed by atoms with Gasteiger partial charge in [0.15, 0.2) is 6.61 Å². The molecule has 2 rings (SSSR count). The smallest absolute Gasteiger partial charge is 0.264 e. The number of ether oxygens (including phenoxy) is 1. The van der Waals surface area contributed by atoms with Gasteiger partial charge in [-0.05, 0) is 44.2 Å². The molecule has 0 heterocycles. The molecule has 0 fully saturated rings. The minimum atomic E-state index is -4.29. The number of benzene rings is 2. The molecule has 0 atom stereocenters. The molecule has 152 valence electrons. The van der Waals surface area contributed by atoms with E-state index in [1.165, 1.54) is 18.2 Å². The number of amides is 1. The third-order valence-electron chi connectivity index (χ3n) is 3.83. The van der Waals surface area contributed by atoms with Gasteiger partial charge in [-0.25, -0.2) is 17.2 Å². The van der Waals surface area contributed by atoms with Crippen LogP contribution in [0.3, 0.4) is 0 Å². The number of sulfonamides is 1. The van der Waals surface area contributed by atoms with Gasteiger partial charge in [-0.2, -0.15) is 0 Å². The number of nitrogens with one attached hydrogen (secondary N) is 1. The van der Waals surface area contributed by atoms with Gasteiger partial charge in [0.2, 0.25) is 0 Å². The molecular weight excluding hydrogens is 414 g/mol. The van der Waals surface area contributed by atoms with Crippen molar-refractivity contribution in [2.45, 2.75) is 18.7 Å². The van der Waals surface area contributed by atoms with Crippen molar-refractivity contribution < 1.29 is 26.7 Å². The number of halogens is 3. The maximum atomic E-state index is 13.8. The lowest BCUT2D eigenvalue weighted by Gasteiger charge is -2.19. The Labute approximate surface area is 167 Å². The predicted molar refractivity (Wildman–Crippen MR) is 102 cm³/mol. The molecule has 1 N–H and O–H groups in total. The van der Waals surface area contributed by atoms with Crippen LogP contribution in [0.5, 0.6) is 5.75 Å². The largest absolute Gasteiger partial charge is 0.482 e. The monoisotopic (exact) mass is 432 g/mol. The molecule has 0 saturated carbocycles. The fourth-order valence-electron chi connectivity index (χ4n) is 2.39. The molecule has 0 aromatic heterocycles. The molecule has 2 aromatic rings. The molecule has 1 amide bonds. The molecule has 10 heteroatoms. The molecule has 0 radical (unpaired) electrons. The normalized spacial score (nSPS) is 11.2. The Morgan fingerprint density at radius 1 is 1.14 bits per heavy atom. The Bertz CT molecular complexity index is 966. The van der Waals surface area contributed by atoms with Crippen LogP contribution in [-0.2, 0) is 14.8 Å². The zero-order valence-corrected chi connectivity index (χ0v) is 16.8. The number of carbonyl (C=O) groups is 1. The van der Waals surface area contributed by atoms with Crippen LogP contribution in [0.4, 0.5) is 14.5 Å². The summed E-state index contributed by atoms with van der Waals surface area (Å²) < 4.78 is 58.8. The summed E-state index contributed by atoms with van der Waals surface area (Å²) in [5.74, 6) is -2.12. The van der Waals surface area contributed by atoms with E-state index in [2.05, 4.69) is 4.72 Å². The Balaban J connectivity index is 2.12. The first-order chi connectivity index (χ1) is 13.2. The first kappa shape index (κ1) is 21.9. The molecule has 6 nitrogen and oxygen atoms in total. The number of likely N-dealkylation sites (N-methyl/N-ethyl adjacent to an activating group) is 1. The standard InChI is InChI=1S/C18H19ClF2N2O4S/c1-3-23(4-2)18(24)11-27-16-7-6-13(10-14(16)19)22-28(25,26)17-8-5-12(20)9-15(17)21/h5-10,22H,3-4,11H2,1-2H3. The van der Waals surface area contributed by atoms with Crippen LogP contribution >= 0.6 is 11.6 Å². The first-order valence-electron chi connectivity index (χ1n) is 8.36. The van der Waals surface area contributed by atoms with E-state index >= 15 is 0 Å². The number of carbonyl (C=O) groups excluding carboxylic acids is 1. The SMILES string of the molecule is CCN(CC)C(=O)COc1ccc(NS(=O)(=O)c2ccc(F)cc2F)cc1Cl. The quantitative estimate of drug-likeness (QED) is 0.690. The molecule has 28 heavy (non-hydrogen) atoms. The summed E-state index contributed by atoms with van der Waals surface area (Å²) in [6.07, 6.45) is 0. The maximum absolute atomic E-state index is 13.8. The Morgan fingerprint density at radius 2 is 1.82 bits per heavy atom. The van der Waals surface area contributed by atoms with Crippen LogP contribution in [0.1, 0.15) is 13.8 Å². The van der Waals surface area contributed by atoms with Gasteiger partial charge in [-0.3, -0.25) is 9.52 Å². The highest BCUT2D eigenvalue weighted by Gasteiger charge is 2.20. The lowest BCUT2D eigenvalue weighted by molar-refractivity contribution is -0.132. The lowest BCUT2D eigenvalue weighted by atomic mass is 10.3. The minimum Gasteiger partial charge on any atom is -0.482 e. The Morgan fingerprint density at radius 3 is 2.39 bits per heavy atom. The number of nitrogens with zero attached hydrogens (tertiary/aromatic N) is 1. The van der Waals surface area contributed by atoms with Crippen molar-refractivity contribution in [1.82, 2.24) is 4.90 Å². The number of rotatable bonds is 8. The van der Waals surface area contributed by atoms with Crippen LogP contribution in [0.25, 0.3) is 0 Å². The second-order valence-electron chi connectivity index (χ2n) is 5.68. The van der Waals surface area contributed by atoms with Gasteiger partial charge < -0.3 is 9.64 Å². The molecule has 0 aliphatic heterocycles. The van der Waals surface area contributed by atoms with Crippen molar-refractivity contribution in [2.24, 2.45) is 0 Å². The van der Waals surface area contributed by atoms with Crippen LogP contribution in [0.2, 0.25) is 5.02 Å². The van der Waals surface area contributed by atoms with Crippen molar-refractivity contribution in [1.29, 1.82) is 0 Å². The number of hydrogen-bond acceptors (Lipinski definition) is 4. The van der Waals surface area contributed by atoms with Gasteiger partial charge in [-0.15, -0.1) is 0 Å². The summed E-state index contributed by atoms with van der Waals surface area (Å²) >= 11 is 6.08. The average Bonchev–Trinajstić information content (AvgIpc) is 2.61. The van der Waals surface area contributed by atoms with Crippen molar-refractivity contribution in [3.63, 3.8) is 0 Å². The highest BCUT2D eigenvalue weighted by Crippen LogP contribution is 2.29. The summed E-state index contributed by atoms with van der Waals surface area (Å²) in [5, 5.41) is 0.0622. The van der Waals surface area contributed by atoms with Crippen molar-refractivity contribution in [3.05, 3.63) is 53.1 Å².